The number of methoxy groups -OCH3 is 1. The highest BCUT2D eigenvalue weighted by molar-refractivity contribution is 5.80. The van der Waals surface area contributed by atoms with Gasteiger partial charge in [0.2, 0.25) is 0 Å². The number of nitrogens with zero attached hydrogens (tertiary/aromatic N) is 1. The smallest absolute Gasteiger partial charge is 0.191 e. The second kappa shape index (κ2) is 3.66. The van der Waals surface area contributed by atoms with E-state index >= 15 is 0 Å². The Kier molecular flexibility index (Phi) is 2.59. The molecule has 0 unspecified atom stereocenters. The van der Waals surface area contributed by atoms with Crippen LogP contribution in [0.4, 0.5) is 11.4 Å². The standard InChI is InChI=1S/C8H12N4O/c1-13-7-3-2-5(9)4-6(7)12-8(10)11/h2-4H,9H2,1H3,(H4,10,11,12). The number of guanidine groups is 1. The first-order valence-electron chi connectivity index (χ1n) is 3.66. The van der Waals surface area contributed by atoms with Crippen LogP contribution in [0.2, 0.25) is 0 Å². The minimum absolute atomic E-state index is 0.0242. The number of nitrogens with two attached hydrogens (primary N) is 3. The number of anilines is 1. The van der Waals surface area contributed by atoms with Crippen LogP contribution in [0.5, 0.6) is 5.75 Å². The average molecular weight is 180 g/mol. The monoisotopic (exact) mass is 180 g/mol. The number of rotatable bonds is 2. The average Bonchev–Trinajstić information content (AvgIpc) is 2.03. The zero-order valence-corrected chi connectivity index (χ0v) is 7.32. The van der Waals surface area contributed by atoms with E-state index in [4.69, 9.17) is 21.9 Å². The van der Waals surface area contributed by atoms with Crippen LogP contribution in [0.15, 0.2) is 23.2 Å². The van der Waals surface area contributed by atoms with Gasteiger partial charge in [-0.3, -0.25) is 0 Å². The lowest BCUT2D eigenvalue weighted by atomic mass is 10.2. The van der Waals surface area contributed by atoms with Crippen LogP contribution in [0.1, 0.15) is 0 Å². The molecule has 0 bridgehead atoms. The maximum atomic E-state index is 5.55. The predicted molar refractivity (Wildman–Crippen MR) is 52.9 cm³/mol. The highest BCUT2D eigenvalue weighted by atomic mass is 16.5. The van der Waals surface area contributed by atoms with Gasteiger partial charge in [0.1, 0.15) is 11.4 Å². The van der Waals surface area contributed by atoms with E-state index in [1.54, 1.807) is 18.2 Å². The molecule has 0 aliphatic rings. The molecule has 70 valence electrons. The maximum Gasteiger partial charge on any atom is 0.191 e. The Morgan fingerprint density at radius 3 is 2.62 bits per heavy atom. The highest BCUT2D eigenvalue weighted by Gasteiger charge is 2.01. The SMILES string of the molecule is COc1ccc(N)cc1N=C(N)N. The Labute approximate surface area is 76.2 Å². The third-order valence-corrected chi connectivity index (χ3v) is 1.45. The van der Waals surface area contributed by atoms with E-state index in [1.165, 1.54) is 7.11 Å². The van der Waals surface area contributed by atoms with Crippen molar-refractivity contribution in [1.29, 1.82) is 0 Å². The molecule has 0 saturated carbocycles. The van der Waals surface area contributed by atoms with Crippen LogP contribution in [0.25, 0.3) is 0 Å². The summed E-state index contributed by atoms with van der Waals surface area (Å²) < 4.78 is 5.03. The van der Waals surface area contributed by atoms with Gasteiger partial charge in [0.15, 0.2) is 5.96 Å². The van der Waals surface area contributed by atoms with Crippen molar-refractivity contribution >= 4 is 17.3 Å². The topological polar surface area (TPSA) is 99.6 Å². The van der Waals surface area contributed by atoms with Crippen LogP contribution in [0, 0.1) is 0 Å². The number of hydrogen-bond donors (Lipinski definition) is 3. The van der Waals surface area contributed by atoms with Gasteiger partial charge >= 0.3 is 0 Å². The maximum absolute atomic E-state index is 5.55. The fraction of sp³-hybridized carbons (Fsp3) is 0.125. The molecule has 1 aromatic carbocycles. The molecule has 0 aromatic heterocycles. The van der Waals surface area contributed by atoms with E-state index < -0.39 is 0 Å². The molecule has 0 fully saturated rings. The Bertz CT molecular complexity index is 331. The van der Waals surface area contributed by atoms with Crippen LogP contribution < -0.4 is 21.9 Å². The molecule has 0 spiro atoms. The van der Waals surface area contributed by atoms with Crippen LogP contribution in [0.3, 0.4) is 0 Å². The molecule has 0 amide bonds. The first-order chi connectivity index (χ1) is 6.13. The van der Waals surface area contributed by atoms with Crippen molar-refractivity contribution in [3.63, 3.8) is 0 Å². The van der Waals surface area contributed by atoms with E-state index in [1.807, 2.05) is 0 Å². The quantitative estimate of drug-likeness (QED) is 0.343. The molecular weight excluding hydrogens is 168 g/mol. The molecule has 13 heavy (non-hydrogen) atoms. The largest absolute Gasteiger partial charge is 0.494 e. The first kappa shape index (κ1) is 9.18. The molecule has 1 aromatic rings. The number of nitrogen functional groups attached to an aromatic ring is 1. The normalized spacial score (nSPS) is 9.31. The molecule has 0 aliphatic heterocycles. The predicted octanol–water partition coefficient (Wildman–Crippen LogP) is 0.182. The molecule has 5 nitrogen and oxygen atoms in total. The lowest BCUT2D eigenvalue weighted by Crippen LogP contribution is -2.21. The Morgan fingerprint density at radius 2 is 2.08 bits per heavy atom. The number of ether oxygens (including phenoxy) is 1. The zero-order chi connectivity index (χ0) is 9.84. The van der Waals surface area contributed by atoms with Crippen molar-refractivity contribution in [2.24, 2.45) is 16.5 Å². The summed E-state index contributed by atoms with van der Waals surface area (Å²) >= 11 is 0. The van der Waals surface area contributed by atoms with Gasteiger partial charge in [0.25, 0.3) is 0 Å². The molecule has 0 radical (unpaired) electrons. The van der Waals surface area contributed by atoms with Crippen molar-refractivity contribution in [2.45, 2.75) is 0 Å². The fourth-order valence-electron chi connectivity index (χ4n) is 0.933. The van der Waals surface area contributed by atoms with Gasteiger partial charge in [-0.25, -0.2) is 4.99 Å². The Morgan fingerprint density at radius 1 is 1.38 bits per heavy atom. The van der Waals surface area contributed by atoms with E-state index in [0.29, 0.717) is 17.1 Å². The second-order valence-electron chi connectivity index (χ2n) is 2.47. The molecule has 0 saturated heterocycles. The fourth-order valence-corrected chi connectivity index (χ4v) is 0.933. The van der Waals surface area contributed by atoms with Crippen LogP contribution >= 0.6 is 0 Å². The van der Waals surface area contributed by atoms with Crippen molar-refractivity contribution < 1.29 is 4.74 Å². The van der Waals surface area contributed by atoms with Gasteiger partial charge in [-0.2, -0.15) is 0 Å². The Balaban J connectivity index is 3.16. The Hall–Kier alpha value is -1.91. The first-order valence-corrected chi connectivity index (χ1v) is 3.66. The van der Waals surface area contributed by atoms with Crippen molar-refractivity contribution in [3.05, 3.63) is 18.2 Å². The van der Waals surface area contributed by atoms with E-state index in [9.17, 15) is 0 Å². The number of benzene rings is 1. The zero-order valence-electron chi connectivity index (χ0n) is 7.32. The van der Waals surface area contributed by atoms with E-state index in [-0.39, 0.29) is 5.96 Å². The van der Waals surface area contributed by atoms with Crippen molar-refractivity contribution in [1.82, 2.24) is 0 Å². The molecule has 5 heteroatoms. The summed E-state index contributed by atoms with van der Waals surface area (Å²) in [6.07, 6.45) is 0. The number of aliphatic imine (C=N–C) groups is 1. The lowest BCUT2D eigenvalue weighted by Gasteiger charge is -2.04. The molecule has 6 N–H and O–H groups in total. The lowest BCUT2D eigenvalue weighted by molar-refractivity contribution is 0.416. The van der Waals surface area contributed by atoms with Gasteiger partial charge < -0.3 is 21.9 Å². The molecule has 0 atom stereocenters. The van der Waals surface area contributed by atoms with Gasteiger partial charge in [-0.1, -0.05) is 0 Å². The minimum atomic E-state index is -0.0242. The van der Waals surface area contributed by atoms with Crippen molar-refractivity contribution in [3.8, 4) is 5.75 Å². The van der Waals surface area contributed by atoms with Crippen molar-refractivity contribution in [2.75, 3.05) is 12.8 Å². The number of hydrogen-bond acceptors (Lipinski definition) is 3. The van der Waals surface area contributed by atoms with Gasteiger partial charge in [0, 0.05) is 5.69 Å². The molecule has 0 heterocycles. The van der Waals surface area contributed by atoms with Gasteiger partial charge in [-0.05, 0) is 18.2 Å². The third-order valence-electron chi connectivity index (χ3n) is 1.45. The molecule has 1 rings (SSSR count). The van der Waals surface area contributed by atoms with Gasteiger partial charge in [0.05, 0.1) is 7.11 Å². The molecular formula is C8H12N4O. The molecule has 0 aliphatic carbocycles. The summed E-state index contributed by atoms with van der Waals surface area (Å²) in [5, 5.41) is 0. The van der Waals surface area contributed by atoms with Gasteiger partial charge in [-0.15, -0.1) is 0 Å². The van der Waals surface area contributed by atoms with Crippen LogP contribution in [-0.4, -0.2) is 13.1 Å². The minimum Gasteiger partial charge on any atom is -0.494 e. The summed E-state index contributed by atoms with van der Waals surface area (Å²) in [4.78, 5) is 3.86. The van der Waals surface area contributed by atoms with E-state index in [2.05, 4.69) is 4.99 Å². The summed E-state index contributed by atoms with van der Waals surface area (Å²) in [5.41, 5.74) is 17.1. The summed E-state index contributed by atoms with van der Waals surface area (Å²) in [6.45, 7) is 0. The highest BCUT2D eigenvalue weighted by Crippen LogP contribution is 2.28. The van der Waals surface area contributed by atoms with E-state index in [0.717, 1.165) is 0 Å². The van der Waals surface area contributed by atoms with Crippen LogP contribution in [-0.2, 0) is 0 Å². The summed E-state index contributed by atoms with van der Waals surface area (Å²) in [6, 6.07) is 5.06. The second-order valence-corrected chi connectivity index (χ2v) is 2.47. The third kappa shape index (κ3) is 2.26. The summed E-state index contributed by atoms with van der Waals surface area (Å²) in [7, 11) is 1.54. The summed E-state index contributed by atoms with van der Waals surface area (Å²) in [5.74, 6) is 0.562.